The Hall–Kier alpha value is -0.850. The SMILES string of the molecule is CCN1CCN(C(=NC(C)COC)NN)CC1. The van der Waals surface area contributed by atoms with E-state index in [9.17, 15) is 0 Å². The number of methoxy groups -OCH3 is 1. The third-order valence-electron chi connectivity index (χ3n) is 3.00. The molecule has 1 atom stereocenters. The number of nitrogens with one attached hydrogen (secondary N) is 1. The number of nitrogens with two attached hydrogens (primary N) is 1. The molecule has 3 N–H and O–H groups in total. The quantitative estimate of drug-likeness (QED) is 0.301. The molecule has 0 amide bonds. The summed E-state index contributed by atoms with van der Waals surface area (Å²) in [6.45, 7) is 9.99. The lowest BCUT2D eigenvalue weighted by Gasteiger charge is -2.35. The van der Waals surface area contributed by atoms with Gasteiger partial charge in [-0.05, 0) is 13.5 Å². The zero-order chi connectivity index (χ0) is 12.7. The molecular weight excluding hydrogens is 218 g/mol. The fourth-order valence-corrected chi connectivity index (χ4v) is 1.97. The van der Waals surface area contributed by atoms with E-state index in [1.807, 2.05) is 6.92 Å². The van der Waals surface area contributed by atoms with Gasteiger partial charge in [0.15, 0.2) is 0 Å². The van der Waals surface area contributed by atoms with Crippen LogP contribution in [0, 0.1) is 0 Å². The minimum Gasteiger partial charge on any atom is -0.382 e. The van der Waals surface area contributed by atoms with Crippen LogP contribution in [0.3, 0.4) is 0 Å². The standard InChI is InChI=1S/C11H25N5O/c1-4-15-5-7-16(8-6-15)11(14-12)13-10(2)9-17-3/h10H,4-9,12H2,1-3H3,(H,13,14). The first kappa shape index (κ1) is 14.2. The molecule has 0 radical (unpaired) electrons. The second kappa shape index (κ2) is 7.47. The van der Waals surface area contributed by atoms with Crippen LogP contribution < -0.4 is 11.3 Å². The molecule has 0 spiro atoms. The Morgan fingerprint density at radius 2 is 2.06 bits per heavy atom. The van der Waals surface area contributed by atoms with E-state index in [1.165, 1.54) is 0 Å². The number of rotatable bonds is 4. The molecule has 1 aliphatic heterocycles. The van der Waals surface area contributed by atoms with E-state index in [0.717, 1.165) is 38.7 Å². The normalized spacial score (nSPS) is 20.5. The Morgan fingerprint density at radius 1 is 1.41 bits per heavy atom. The molecule has 100 valence electrons. The number of hydrogen-bond acceptors (Lipinski definition) is 4. The minimum atomic E-state index is 0.121. The van der Waals surface area contributed by atoms with Crippen molar-refractivity contribution in [3.05, 3.63) is 0 Å². The molecule has 0 aromatic carbocycles. The van der Waals surface area contributed by atoms with Crippen molar-refractivity contribution in [1.29, 1.82) is 0 Å². The van der Waals surface area contributed by atoms with Crippen LogP contribution in [0.1, 0.15) is 13.8 Å². The predicted octanol–water partition coefficient (Wildman–Crippen LogP) is -0.522. The highest BCUT2D eigenvalue weighted by molar-refractivity contribution is 5.79. The lowest BCUT2D eigenvalue weighted by Crippen LogP contribution is -2.54. The summed E-state index contributed by atoms with van der Waals surface area (Å²) in [5.74, 6) is 6.31. The summed E-state index contributed by atoms with van der Waals surface area (Å²) in [7, 11) is 1.68. The molecule has 6 heteroatoms. The maximum atomic E-state index is 5.54. The first-order valence-corrected chi connectivity index (χ1v) is 6.21. The molecule has 0 aromatic rings. The average molecular weight is 243 g/mol. The van der Waals surface area contributed by atoms with Gasteiger partial charge in [-0.25, -0.2) is 10.8 Å². The van der Waals surface area contributed by atoms with Gasteiger partial charge in [0.1, 0.15) is 0 Å². The van der Waals surface area contributed by atoms with Gasteiger partial charge in [0, 0.05) is 33.3 Å². The first-order valence-electron chi connectivity index (χ1n) is 6.21. The predicted molar refractivity (Wildman–Crippen MR) is 69.8 cm³/mol. The number of piperazine rings is 1. The zero-order valence-corrected chi connectivity index (χ0v) is 11.1. The Balaban J connectivity index is 2.50. The lowest BCUT2D eigenvalue weighted by atomic mass is 10.3. The Bertz CT molecular complexity index is 238. The summed E-state index contributed by atoms with van der Waals surface area (Å²) in [6.07, 6.45) is 0. The van der Waals surface area contributed by atoms with Gasteiger partial charge in [-0.3, -0.25) is 5.43 Å². The van der Waals surface area contributed by atoms with Gasteiger partial charge in [-0.15, -0.1) is 0 Å². The van der Waals surface area contributed by atoms with Gasteiger partial charge in [-0.1, -0.05) is 6.92 Å². The van der Waals surface area contributed by atoms with Gasteiger partial charge in [-0.2, -0.15) is 0 Å². The molecule has 17 heavy (non-hydrogen) atoms. The summed E-state index contributed by atoms with van der Waals surface area (Å²) in [5.41, 5.74) is 2.70. The lowest BCUT2D eigenvalue weighted by molar-refractivity contribution is 0.177. The Kier molecular flexibility index (Phi) is 6.25. The van der Waals surface area contributed by atoms with Gasteiger partial charge >= 0.3 is 0 Å². The number of aliphatic imine (C=N–C) groups is 1. The van der Waals surface area contributed by atoms with E-state index >= 15 is 0 Å². The Labute approximate surface area is 104 Å². The molecule has 0 saturated carbocycles. The number of ether oxygens (including phenoxy) is 1. The summed E-state index contributed by atoms with van der Waals surface area (Å²) in [5, 5.41) is 0. The van der Waals surface area contributed by atoms with Crippen LogP contribution in [0.5, 0.6) is 0 Å². The van der Waals surface area contributed by atoms with Crippen molar-refractivity contribution in [1.82, 2.24) is 15.2 Å². The molecule has 0 bridgehead atoms. The van der Waals surface area contributed by atoms with Gasteiger partial charge in [0.2, 0.25) is 5.96 Å². The highest BCUT2D eigenvalue weighted by atomic mass is 16.5. The minimum absolute atomic E-state index is 0.121. The van der Waals surface area contributed by atoms with Crippen molar-refractivity contribution in [2.24, 2.45) is 10.8 Å². The van der Waals surface area contributed by atoms with E-state index in [2.05, 4.69) is 27.1 Å². The molecule has 0 aliphatic carbocycles. The zero-order valence-electron chi connectivity index (χ0n) is 11.1. The number of hydrazine groups is 1. The molecule has 1 fully saturated rings. The highest BCUT2D eigenvalue weighted by Gasteiger charge is 2.18. The fourth-order valence-electron chi connectivity index (χ4n) is 1.97. The summed E-state index contributed by atoms with van der Waals surface area (Å²) in [4.78, 5) is 9.13. The molecule has 0 aromatic heterocycles. The average Bonchev–Trinajstić information content (AvgIpc) is 2.36. The van der Waals surface area contributed by atoms with E-state index in [1.54, 1.807) is 7.11 Å². The van der Waals surface area contributed by atoms with Gasteiger partial charge < -0.3 is 14.5 Å². The Morgan fingerprint density at radius 3 is 2.53 bits per heavy atom. The largest absolute Gasteiger partial charge is 0.382 e. The van der Waals surface area contributed by atoms with Crippen molar-refractivity contribution in [3.8, 4) is 0 Å². The van der Waals surface area contributed by atoms with Crippen LogP contribution in [-0.4, -0.2) is 68.2 Å². The van der Waals surface area contributed by atoms with Crippen molar-refractivity contribution in [2.45, 2.75) is 19.9 Å². The molecule has 6 nitrogen and oxygen atoms in total. The number of nitrogens with zero attached hydrogens (tertiary/aromatic N) is 3. The smallest absolute Gasteiger partial charge is 0.208 e. The van der Waals surface area contributed by atoms with Crippen molar-refractivity contribution < 1.29 is 4.74 Å². The fraction of sp³-hybridized carbons (Fsp3) is 0.909. The van der Waals surface area contributed by atoms with Crippen LogP contribution in [0.15, 0.2) is 4.99 Å². The summed E-state index contributed by atoms with van der Waals surface area (Å²) < 4.78 is 5.07. The second-order valence-electron chi connectivity index (χ2n) is 4.32. The van der Waals surface area contributed by atoms with Crippen LogP contribution in [-0.2, 0) is 4.74 Å². The number of guanidine groups is 1. The molecule has 1 aliphatic rings. The summed E-state index contributed by atoms with van der Waals surface area (Å²) >= 11 is 0. The third-order valence-corrected chi connectivity index (χ3v) is 3.00. The van der Waals surface area contributed by atoms with Crippen molar-refractivity contribution in [3.63, 3.8) is 0 Å². The van der Waals surface area contributed by atoms with Crippen molar-refractivity contribution in [2.75, 3.05) is 46.4 Å². The van der Waals surface area contributed by atoms with E-state index in [4.69, 9.17) is 10.6 Å². The number of hydrogen-bond donors (Lipinski definition) is 2. The molecule has 1 saturated heterocycles. The topological polar surface area (TPSA) is 66.1 Å². The monoisotopic (exact) mass is 243 g/mol. The van der Waals surface area contributed by atoms with Crippen LogP contribution >= 0.6 is 0 Å². The molecular formula is C11H25N5O. The second-order valence-corrected chi connectivity index (χ2v) is 4.32. The first-order chi connectivity index (χ1) is 8.21. The van der Waals surface area contributed by atoms with Crippen LogP contribution in [0.25, 0.3) is 0 Å². The molecule has 1 unspecified atom stereocenters. The van der Waals surface area contributed by atoms with E-state index in [0.29, 0.717) is 6.61 Å². The molecule has 1 rings (SSSR count). The van der Waals surface area contributed by atoms with Crippen LogP contribution in [0.2, 0.25) is 0 Å². The molecule has 1 heterocycles. The maximum absolute atomic E-state index is 5.54. The third kappa shape index (κ3) is 4.49. The van der Waals surface area contributed by atoms with Crippen LogP contribution in [0.4, 0.5) is 0 Å². The van der Waals surface area contributed by atoms with E-state index in [-0.39, 0.29) is 6.04 Å². The van der Waals surface area contributed by atoms with Crippen molar-refractivity contribution >= 4 is 5.96 Å². The van der Waals surface area contributed by atoms with E-state index < -0.39 is 0 Å². The summed E-state index contributed by atoms with van der Waals surface area (Å²) in [6, 6.07) is 0.121. The van der Waals surface area contributed by atoms with Gasteiger partial charge in [0.05, 0.1) is 12.6 Å². The number of likely N-dealkylation sites (N-methyl/N-ethyl adjacent to an activating group) is 1. The maximum Gasteiger partial charge on any atom is 0.208 e. The van der Waals surface area contributed by atoms with Gasteiger partial charge in [0.25, 0.3) is 0 Å². The highest BCUT2D eigenvalue weighted by Crippen LogP contribution is 2.02.